The van der Waals surface area contributed by atoms with Crippen LogP contribution in [-0.4, -0.2) is 11.4 Å². The smallest absolute Gasteiger partial charge is 0.0357 e. The molecule has 1 saturated heterocycles. The standard InChI is InChI=1S/C13H17N.ClH/c1-2-14-12-8-5-9-13(14)11-7-4-3-6-10(11)12;/h3-4,6-7,12-13H,2,5,8-9H2,1H3;1H. The molecule has 0 aromatic heterocycles. The van der Waals surface area contributed by atoms with E-state index < -0.39 is 0 Å². The number of benzene rings is 1. The SMILES string of the molecule is CCN1C2CCCC1c1ccccc12.Cl. The zero-order valence-corrected chi connectivity index (χ0v) is 9.96. The molecule has 0 N–H and O–H groups in total. The van der Waals surface area contributed by atoms with Crippen LogP contribution in [0.3, 0.4) is 0 Å². The molecular formula is C13H18ClN. The van der Waals surface area contributed by atoms with Gasteiger partial charge in [0.1, 0.15) is 0 Å². The van der Waals surface area contributed by atoms with Gasteiger partial charge in [-0.3, -0.25) is 4.90 Å². The highest BCUT2D eigenvalue weighted by molar-refractivity contribution is 5.85. The predicted molar refractivity (Wildman–Crippen MR) is 65.4 cm³/mol. The topological polar surface area (TPSA) is 3.24 Å². The quantitative estimate of drug-likeness (QED) is 0.702. The highest BCUT2D eigenvalue weighted by Gasteiger charge is 2.39. The Balaban J connectivity index is 0.000000853. The zero-order chi connectivity index (χ0) is 9.54. The molecule has 1 aromatic rings. The number of halogens is 1. The minimum atomic E-state index is 0. The summed E-state index contributed by atoms with van der Waals surface area (Å²) in [5, 5.41) is 0. The van der Waals surface area contributed by atoms with Crippen LogP contribution in [0.5, 0.6) is 0 Å². The second kappa shape index (κ2) is 4.15. The van der Waals surface area contributed by atoms with E-state index in [-0.39, 0.29) is 12.4 Å². The largest absolute Gasteiger partial charge is 0.290 e. The molecule has 1 fully saturated rings. The number of fused-ring (bicyclic) bond motifs is 5. The lowest BCUT2D eigenvalue weighted by Gasteiger charge is -2.34. The maximum absolute atomic E-state index is 2.67. The summed E-state index contributed by atoms with van der Waals surface area (Å²) in [4.78, 5) is 2.67. The van der Waals surface area contributed by atoms with E-state index >= 15 is 0 Å². The van der Waals surface area contributed by atoms with Gasteiger partial charge >= 0.3 is 0 Å². The van der Waals surface area contributed by atoms with Gasteiger partial charge in [-0.15, -0.1) is 12.4 Å². The zero-order valence-electron chi connectivity index (χ0n) is 9.15. The number of nitrogens with zero attached hydrogens (tertiary/aromatic N) is 1. The van der Waals surface area contributed by atoms with Crippen molar-refractivity contribution in [2.45, 2.75) is 38.3 Å². The molecule has 0 saturated carbocycles. The first-order chi connectivity index (χ1) is 6.92. The van der Waals surface area contributed by atoms with Gasteiger partial charge in [-0.05, 0) is 36.9 Å². The van der Waals surface area contributed by atoms with E-state index in [1.54, 1.807) is 11.1 Å². The first kappa shape index (κ1) is 11.0. The number of piperidine rings is 1. The molecule has 82 valence electrons. The van der Waals surface area contributed by atoms with E-state index in [1.165, 1.54) is 25.8 Å². The molecule has 0 radical (unpaired) electrons. The van der Waals surface area contributed by atoms with Crippen molar-refractivity contribution in [2.75, 3.05) is 6.54 Å². The molecule has 2 atom stereocenters. The van der Waals surface area contributed by atoms with Crippen molar-refractivity contribution in [1.82, 2.24) is 4.90 Å². The highest BCUT2D eigenvalue weighted by Crippen LogP contribution is 2.49. The van der Waals surface area contributed by atoms with Crippen molar-refractivity contribution in [3.05, 3.63) is 35.4 Å². The Labute approximate surface area is 97.9 Å². The molecule has 2 unspecified atom stereocenters. The Morgan fingerprint density at radius 2 is 1.67 bits per heavy atom. The van der Waals surface area contributed by atoms with Gasteiger partial charge in [0, 0.05) is 12.1 Å². The Morgan fingerprint density at radius 1 is 1.13 bits per heavy atom. The van der Waals surface area contributed by atoms with Gasteiger partial charge in [0.2, 0.25) is 0 Å². The van der Waals surface area contributed by atoms with Crippen molar-refractivity contribution >= 4 is 12.4 Å². The Bertz CT molecular complexity index is 319. The second-order valence-electron chi connectivity index (χ2n) is 4.42. The lowest BCUT2D eigenvalue weighted by atomic mass is 10.0. The van der Waals surface area contributed by atoms with Gasteiger partial charge in [0.05, 0.1) is 0 Å². The maximum atomic E-state index is 2.67. The van der Waals surface area contributed by atoms with E-state index in [2.05, 4.69) is 36.1 Å². The molecule has 3 rings (SSSR count). The number of hydrogen-bond acceptors (Lipinski definition) is 1. The van der Waals surface area contributed by atoms with Crippen LogP contribution in [0, 0.1) is 0 Å². The summed E-state index contributed by atoms with van der Waals surface area (Å²) in [6, 6.07) is 10.5. The van der Waals surface area contributed by atoms with E-state index in [4.69, 9.17) is 0 Å². The Kier molecular flexibility index (Phi) is 3.03. The predicted octanol–water partition coefficient (Wildman–Crippen LogP) is 3.71. The molecular weight excluding hydrogens is 206 g/mol. The summed E-state index contributed by atoms with van der Waals surface area (Å²) in [6.07, 6.45) is 4.13. The summed E-state index contributed by atoms with van der Waals surface area (Å²) in [6.45, 7) is 3.49. The van der Waals surface area contributed by atoms with Gasteiger partial charge in [-0.2, -0.15) is 0 Å². The summed E-state index contributed by atoms with van der Waals surface area (Å²) in [5.41, 5.74) is 3.22. The van der Waals surface area contributed by atoms with Crippen LogP contribution in [0.2, 0.25) is 0 Å². The van der Waals surface area contributed by atoms with E-state index in [0.29, 0.717) is 0 Å². The van der Waals surface area contributed by atoms with Crippen LogP contribution in [0.4, 0.5) is 0 Å². The number of rotatable bonds is 1. The minimum Gasteiger partial charge on any atom is -0.290 e. The van der Waals surface area contributed by atoms with Gasteiger partial charge in [-0.25, -0.2) is 0 Å². The lowest BCUT2D eigenvalue weighted by molar-refractivity contribution is 0.117. The third-order valence-electron chi connectivity index (χ3n) is 3.83. The Hall–Kier alpha value is -0.530. The first-order valence-corrected chi connectivity index (χ1v) is 5.76. The molecule has 0 aliphatic carbocycles. The monoisotopic (exact) mass is 223 g/mol. The first-order valence-electron chi connectivity index (χ1n) is 5.76. The van der Waals surface area contributed by atoms with E-state index in [9.17, 15) is 0 Å². The highest BCUT2D eigenvalue weighted by atomic mass is 35.5. The fourth-order valence-electron chi connectivity index (χ4n) is 3.28. The second-order valence-corrected chi connectivity index (χ2v) is 4.42. The van der Waals surface area contributed by atoms with E-state index in [0.717, 1.165) is 12.1 Å². The average Bonchev–Trinajstić information content (AvgIpc) is 2.43. The van der Waals surface area contributed by atoms with Crippen molar-refractivity contribution in [2.24, 2.45) is 0 Å². The van der Waals surface area contributed by atoms with Gasteiger partial charge in [0.25, 0.3) is 0 Å². The summed E-state index contributed by atoms with van der Waals surface area (Å²) in [7, 11) is 0. The summed E-state index contributed by atoms with van der Waals surface area (Å²) in [5.74, 6) is 0. The molecule has 0 spiro atoms. The average molecular weight is 224 g/mol. The fourth-order valence-corrected chi connectivity index (χ4v) is 3.28. The minimum absolute atomic E-state index is 0. The summed E-state index contributed by atoms with van der Waals surface area (Å²) < 4.78 is 0. The van der Waals surface area contributed by atoms with Crippen molar-refractivity contribution in [3.8, 4) is 0 Å². The third-order valence-corrected chi connectivity index (χ3v) is 3.83. The fraction of sp³-hybridized carbons (Fsp3) is 0.538. The Morgan fingerprint density at radius 3 is 2.13 bits per heavy atom. The van der Waals surface area contributed by atoms with Crippen LogP contribution in [-0.2, 0) is 0 Å². The van der Waals surface area contributed by atoms with Crippen LogP contribution in [0.1, 0.15) is 49.4 Å². The number of hydrogen-bond donors (Lipinski definition) is 0. The van der Waals surface area contributed by atoms with Crippen LogP contribution >= 0.6 is 12.4 Å². The van der Waals surface area contributed by atoms with Crippen LogP contribution < -0.4 is 0 Å². The summed E-state index contributed by atoms with van der Waals surface area (Å²) >= 11 is 0. The molecule has 2 aliphatic heterocycles. The third kappa shape index (κ3) is 1.49. The molecule has 2 heteroatoms. The van der Waals surface area contributed by atoms with Gasteiger partial charge in [-0.1, -0.05) is 31.2 Å². The molecule has 2 heterocycles. The van der Waals surface area contributed by atoms with Crippen LogP contribution in [0.25, 0.3) is 0 Å². The van der Waals surface area contributed by atoms with Gasteiger partial charge < -0.3 is 0 Å². The lowest BCUT2D eigenvalue weighted by Crippen LogP contribution is -2.29. The van der Waals surface area contributed by atoms with E-state index in [1.807, 2.05) is 0 Å². The molecule has 1 aromatic carbocycles. The normalized spacial score (nSPS) is 28.3. The van der Waals surface area contributed by atoms with Crippen molar-refractivity contribution in [3.63, 3.8) is 0 Å². The molecule has 2 bridgehead atoms. The molecule has 2 aliphatic rings. The molecule has 15 heavy (non-hydrogen) atoms. The van der Waals surface area contributed by atoms with Crippen molar-refractivity contribution in [1.29, 1.82) is 0 Å². The van der Waals surface area contributed by atoms with Crippen molar-refractivity contribution < 1.29 is 0 Å². The molecule has 1 nitrogen and oxygen atoms in total. The van der Waals surface area contributed by atoms with Gasteiger partial charge in [0.15, 0.2) is 0 Å². The van der Waals surface area contributed by atoms with Crippen LogP contribution in [0.15, 0.2) is 24.3 Å². The maximum Gasteiger partial charge on any atom is 0.0357 e. The molecule has 0 amide bonds.